The van der Waals surface area contributed by atoms with E-state index in [0.717, 1.165) is 17.7 Å². The molecule has 1 aromatic heterocycles. The van der Waals surface area contributed by atoms with Gasteiger partial charge in [-0.2, -0.15) is 11.3 Å². The average Bonchev–Trinajstić information content (AvgIpc) is 2.80. The molecule has 1 aromatic carbocycles. The first kappa shape index (κ1) is 13.0. The van der Waals surface area contributed by atoms with Gasteiger partial charge < -0.3 is 10.0 Å². The number of aliphatic hydroxyl groups excluding tert-OH is 1. The van der Waals surface area contributed by atoms with E-state index in [1.807, 2.05) is 16.8 Å². The Hall–Kier alpha value is -1.46. The lowest BCUT2D eigenvalue weighted by molar-refractivity contribution is 0.280. The molecule has 0 radical (unpaired) electrons. The third-order valence-corrected chi connectivity index (χ3v) is 3.37. The van der Waals surface area contributed by atoms with Crippen LogP contribution < -0.4 is 4.90 Å². The van der Waals surface area contributed by atoms with Gasteiger partial charge in [0.1, 0.15) is 17.3 Å². The number of rotatable bonds is 4. The number of benzene rings is 1. The van der Waals surface area contributed by atoms with Gasteiger partial charge in [-0.05, 0) is 40.1 Å². The molecule has 1 heterocycles. The molecule has 96 valence electrons. The van der Waals surface area contributed by atoms with E-state index >= 15 is 0 Å². The van der Waals surface area contributed by atoms with Crippen LogP contribution in [-0.2, 0) is 13.2 Å². The van der Waals surface area contributed by atoms with E-state index in [9.17, 15) is 8.78 Å². The van der Waals surface area contributed by atoms with Crippen molar-refractivity contribution in [2.45, 2.75) is 13.2 Å². The van der Waals surface area contributed by atoms with Crippen molar-refractivity contribution in [2.24, 2.45) is 0 Å². The van der Waals surface area contributed by atoms with Crippen molar-refractivity contribution in [1.29, 1.82) is 0 Å². The van der Waals surface area contributed by atoms with Gasteiger partial charge in [-0.25, -0.2) is 8.78 Å². The molecule has 0 saturated carbocycles. The Morgan fingerprint density at radius 3 is 2.39 bits per heavy atom. The van der Waals surface area contributed by atoms with Crippen molar-refractivity contribution in [3.63, 3.8) is 0 Å². The second kappa shape index (κ2) is 5.46. The van der Waals surface area contributed by atoms with Crippen molar-refractivity contribution in [3.05, 3.63) is 51.7 Å². The van der Waals surface area contributed by atoms with Crippen LogP contribution in [0.25, 0.3) is 0 Å². The molecular weight excluding hydrogens is 256 g/mol. The summed E-state index contributed by atoms with van der Waals surface area (Å²) in [6, 6.07) is 4.23. The molecule has 0 aliphatic heterocycles. The fourth-order valence-corrected chi connectivity index (χ4v) is 2.47. The predicted octanol–water partition coefficient (Wildman–Crippen LogP) is 3.16. The molecular formula is C13H13F2NOS. The van der Waals surface area contributed by atoms with Crippen molar-refractivity contribution in [2.75, 3.05) is 11.9 Å². The van der Waals surface area contributed by atoms with Gasteiger partial charge in [0.05, 0.1) is 6.61 Å². The maximum Gasteiger partial charge on any atom is 0.149 e. The highest BCUT2D eigenvalue weighted by Gasteiger charge is 2.15. The normalized spacial score (nSPS) is 10.7. The molecule has 18 heavy (non-hydrogen) atoms. The van der Waals surface area contributed by atoms with Crippen LogP contribution in [-0.4, -0.2) is 12.2 Å². The van der Waals surface area contributed by atoms with E-state index in [-0.39, 0.29) is 17.9 Å². The van der Waals surface area contributed by atoms with Gasteiger partial charge in [-0.1, -0.05) is 0 Å². The van der Waals surface area contributed by atoms with Crippen LogP contribution in [0.15, 0.2) is 29.0 Å². The molecule has 0 bridgehead atoms. The maximum atomic E-state index is 13.8. The minimum Gasteiger partial charge on any atom is -0.392 e. The van der Waals surface area contributed by atoms with E-state index in [0.29, 0.717) is 6.54 Å². The van der Waals surface area contributed by atoms with E-state index < -0.39 is 11.6 Å². The number of aliphatic hydroxyl groups is 1. The molecule has 2 aromatic rings. The predicted molar refractivity (Wildman–Crippen MR) is 68.7 cm³/mol. The van der Waals surface area contributed by atoms with Crippen molar-refractivity contribution in [1.82, 2.24) is 0 Å². The van der Waals surface area contributed by atoms with Crippen molar-refractivity contribution in [3.8, 4) is 0 Å². The lowest BCUT2D eigenvalue weighted by Crippen LogP contribution is -2.19. The number of halogens is 2. The topological polar surface area (TPSA) is 23.5 Å². The van der Waals surface area contributed by atoms with E-state index in [4.69, 9.17) is 5.11 Å². The first-order valence-corrected chi connectivity index (χ1v) is 6.37. The monoisotopic (exact) mass is 269 g/mol. The van der Waals surface area contributed by atoms with E-state index in [1.165, 1.54) is 4.90 Å². The van der Waals surface area contributed by atoms with Crippen LogP contribution in [0.2, 0.25) is 0 Å². The van der Waals surface area contributed by atoms with Crippen LogP contribution in [0.3, 0.4) is 0 Å². The third-order valence-electron chi connectivity index (χ3n) is 2.64. The molecule has 0 amide bonds. The number of hydrogen-bond acceptors (Lipinski definition) is 3. The van der Waals surface area contributed by atoms with E-state index in [2.05, 4.69) is 0 Å². The lowest BCUT2D eigenvalue weighted by Gasteiger charge is -2.20. The highest BCUT2D eigenvalue weighted by Crippen LogP contribution is 2.25. The Morgan fingerprint density at radius 2 is 1.89 bits per heavy atom. The summed E-state index contributed by atoms with van der Waals surface area (Å²) in [4.78, 5) is 1.52. The third kappa shape index (κ3) is 2.68. The van der Waals surface area contributed by atoms with Crippen LogP contribution in [0, 0.1) is 11.6 Å². The second-order valence-corrected chi connectivity index (χ2v) is 4.83. The summed E-state index contributed by atoms with van der Waals surface area (Å²) in [6.45, 7) is 0.0676. The van der Waals surface area contributed by atoms with Gasteiger partial charge in [-0.3, -0.25) is 0 Å². The minimum absolute atomic E-state index is 0.0709. The fourth-order valence-electron chi connectivity index (χ4n) is 1.81. The molecule has 0 atom stereocenters. The molecule has 0 aliphatic rings. The molecule has 5 heteroatoms. The van der Waals surface area contributed by atoms with Crippen LogP contribution >= 0.6 is 11.3 Å². The molecule has 1 N–H and O–H groups in total. The molecule has 0 aliphatic carbocycles. The first-order valence-electron chi connectivity index (χ1n) is 5.43. The minimum atomic E-state index is -0.656. The van der Waals surface area contributed by atoms with Gasteiger partial charge >= 0.3 is 0 Å². The molecule has 0 unspecified atom stereocenters. The number of hydrogen-bond donors (Lipinski definition) is 1. The standard InChI is InChI=1S/C13H13F2NOS/c1-16(6-9-2-3-18-8-9)13-11(14)4-10(7-17)5-12(13)15/h2-5,8,17H,6-7H2,1H3. The van der Waals surface area contributed by atoms with Gasteiger partial charge in [0.15, 0.2) is 0 Å². The summed E-state index contributed by atoms with van der Waals surface area (Å²) < 4.78 is 27.6. The number of anilines is 1. The highest BCUT2D eigenvalue weighted by molar-refractivity contribution is 7.07. The fraction of sp³-hybridized carbons (Fsp3) is 0.231. The SMILES string of the molecule is CN(Cc1ccsc1)c1c(F)cc(CO)cc1F. The van der Waals surface area contributed by atoms with Gasteiger partial charge in [0, 0.05) is 13.6 Å². The summed E-state index contributed by atoms with van der Waals surface area (Å²) in [6.07, 6.45) is 0. The summed E-state index contributed by atoms with van der Waals surface area (Å²) in [5, 5.41) is 12.7. The molecule has 2 rings (SSSR count). The molecule has 0 spiro atoms. The quantitative estimate of drug-likeness (QED) is 0.921. The zero-order valence-electron chi connectivity index (χ0n) is 9.86. The summed E-state index contributed by atoms with van der Waals surface area (Å²) in [5.41, 5.74) is 1.17. The van der Waals surface area contributed by atoms with Crippen molar-refractivity contribution < 1.29 is 13.9 Å². The van der Waals surface area contributed by atoms with Crippen LogP contribution in [0.4, 0.5) is 14.5 Å². The number of thiophene rings is 1. The Balaban J connectivity index is 2.27. The Bertz CT molecular complexity index is 505. The zero-order valence-corrected chi connectivity index (χ0v) is 10.7. The Morgan fingerprint density at radius 1 is 1.22 bits per heavy atom. The van der Waals surface area contributed by atoms with Crippen LogP contribution in [0.5, 0.6) is 0 Å². The molecule has 2 nitrogen and oxygen atoms in total. The van der Waals surface area contributed by atoms with Gasteiger partial charge in [-0.15, -0.1) is 0 Å². The lowest BCUT2D eigenvalue weighted by atomic mass is 10.1. The number of nitrogens with zero attached hydrogens (tertiary/aromatic N) is 1. The summed E-state index contributed by atoms with van der Waals surface area (Å²) >= 11 is 1.54. The van der Waals surface area contributed by atoms with E-state index in [1.54, 1.807) is 18.4 Å². The van der Waals surface area contributed by atoms with Gasteiger partial charge in [0.25, 0.3) is 0 Å². The van der Waals surface area contributed by atoms with Crippen molar-refractivity contribution >= 4 is 17.0 Å². The largest absolute Gasteiger partial charge is 0.392 e. The summed E-state index contributed by atoms with van der Waals surface area (Å²) in [7, 11) is 1.64. The zero-order chi connectivity index (χ0) is 13.1. The smallest absolute Gasteiger partial charge is 0.149 e. The van der Waals surface area contributed by atoms with Crippen LogP contribution in [0.1, 0.15) is 11.1 Å². The average molecular weight is 269 g/mol. The first-order chi connectivity index (χ1) is 8.61. The van der Waals surface area contributed by atoms with Gasteiger partial charge in [0.2, 0.25) is 0 Å². The molecule has 0 fully saturated rings. The summed E-state index contributed by atoms with van der Waals surface area (Å²) in [5.74, 6) is -1.31. The second-order valence-electron chi connectivity index (χ2n) is 4.05. The Kier molecular flexibility index (Phi) is 3.93. The maximum absolute atomic E-state index is 13.8. The highest BCUT2D eigenvalue weighted by atomic mass is 32.1. The Labute approximate surface area is 108 Å². The molecule has 0 saturated heterocycles.